The SMILES string of the molecule is CC(C)(C)c1ccc(-c2csc(NN=Cc3ccc(Cl)cc3)n2)cc1. The number of hydrogen-bond acceptors (Lipinski definition) is 4. The van der Waals surface area contributed by atoms with Crippen LogP contribution in [-0.2, 0) is 5.41 Å². The quantitative estimate of drug-likeness (QED) is 0.438. The van der Waals surface area contributed by atoms with Crippen LogP contribution in [0.25, 0.3) is 11.3 Å². The molecule has 0 bridgehead atoms. The first kappa shape index (κ1) is 17.6. The highest BCUT2D eigenvalue weighted by molar-refractivity contribution is 7.14. The lowest BCUT2D eigenvalue weighted by Crippen LogP contribution is -2.10. The Bertz CT molecular complexity index is 859. The van der Waals surface area contributed by atoms with Crippen LogP contribution in [0.2, 0.25) is 5.02 Å². The standard InChI is InChI=1S/C20H20ClN3S/c1-20(2,3)16-8-6-15(7-9-16)18-13-25-19(23-18)24-22-12-14-4-10-17(21)11-5-14/h4-13H,1-3H3,(H,23,24). The van der Waals surface area contributed by atoms with Crippen LogP contribution in [0.4, 0.5) is 5.13 Å². The predicted molar refractivity (Wildman–Crippen MR) is 109 cm³/mol. The first-order valence-corrected chi connectivity index (χ1v) is 9.29. The molecule has 0 fully saturated rings. The van der Waals surface area contributed by atoms with Crippen molar-refractivity contribution < 1.29 is 0 Å². The summed E-state index contributed by atoms with van der Waals surface area (Å²) in [5.41, 5.74) is 7.49. The van der Waals surface area contributed by atoms with Gasteiger partial charge in [0, 0.05) is 16.0 Å². The molecule has 1 heterocycles. The van der Waals surface area contributed by atoms with E-state index < -0.39 is 0 Å². The van der Waals surface area contributed by atoms with Crippen molar-refractivity contribution in [1.82, 2.24) is 4.98 Å². The molecule has 2 aromatic carbocycles. The molecule has 0 aliphatic carbocycles. The fourth-order valence-electron chi connectivity index (χ4n) is 2.31. The Morgan fingerprint density at radius 1 is 1.04 bits per heavy atom. The lowest BCUT2D eigenvalue weighted by molar-refractivity contribution is 0.590. The molecule has 3 nitrogen and oxygen atoms in total. The third-order valence-corrected chi connectivity index (χ3v) is 4.79. The maximum atomic E-state index is 5.87. The summed E-state index contributed by atoms with van der Waals surface area (Å²) in [5.74, 6) is 0. The van der Waals surface area contributed by atoms with Gasteiger partial charge in [0.05, 0.1) is 11.9 Å². The Balaban J connectivity index is 1.67. The molecule has 128 valence electrons. The van der Waals surface area contributed by atoms with Gasteiger partial charge in [-0.2, -0.15) is 5.10 Å². The highest BCUT2D eigenvalue weighted by atomic mass is 35.5. The van der Waals surface area contributed by atoms with Crippen molar-refractivity contribution in [1.29, 1.82) is 0 Å². The Morgan fingerprint density at radius 2 is 1.72 bits per heavy atom. The number of hydrogen-bond donors (Lipinski definition) is 1. The molecule has 0 aliphatic rings. The van der Waals surface area contributed by atoms with Gasteiger partial charge in [-0.05, 0) is 28.7 Å². The van der Waals surface area contributed by atoms with Crippen LogP contribution in [0, 0.1) is 0 Å². The van der Waals surface area contributed by atoms with Gasteiger partial charge in [0.1, 0.15) is 0 Å². The summed E-state index contributed by atoms with van der Waals surface area (Å²) in [6.45, 7) is 6.64. The van der Waals surface area contributed by atoms with E-state index in [0.717, 1.165) is 22.0 Å². The van der Waals surface area contributed by atoms with E-state index in [1.807, 2.05) is 29.6 Å². The predicted octanol–water partition coefficient (Wildman–Crippen LogP) is 6.21. The molecule has 5 heteroatoms. The summed E-state index contributed by atoms with van der Waals surface area (Å²) >= 11 is 7.40. The number of rotatable bonds is 4. The van der Waals surface area contributed by atoms with Crippen LogP contribution in [0.1, 0.15) is 31.9 Å². The number of nitrogens with one attached hydrogen (secondary N) is 1. The Hall–Kier alpha value is -2.17. The molecular formula is C20H20ClN3S. The molecule has 3 rings (SSSR count). The number of aromatic nitrogens is 1. The number of hydrazone groups is 1. The summed E-state index contributed by atoms with van der Waals surface area (Å²) in [7, 11) is 0. The van der Waals surface area contributed by atoms with E-state index in [2.05, 4.69) is 60.5 Å². The lowest BCUT2D eigenvalue weighted by Gasteiger charge is -2.18. The molecule has 3 aromatic rings. The van der Waals surface area contributed by atoms with Crippen LogP contribution >= 0.6 is 22.9 Å². The topological polar surface area (TPSA) is 37.3 Å². The second-order valence-electron chi connectivity index (χ2n) is 6.79. The van der Waals surface area contributed by atoms with Crippen LogP contribution in [0.15, 0.2) is 59.0 Å². The molecule has 1 aromatic heterocycles. The van der Waals surface area contributed by atoms with Crippen LogP contribution < -0.4 is 5.43 Å². The molecule has 25 heavy (non-hydrogen) atoms. The molecule has 1 N–H and O–H groups in total. The highest BCUT2D eigenvalue weighted by Crippen LogP contribution is 2.28. The number of nitrogens with zero attached hydrogens (tertiary/aromatic N) is 2. The third kappa shape index (κ3) is 4.68. The van der Waals surface area contributed by atoms with E-state index in [0.29, 0.717) is 5.02 Å². The van der Waals surface area contributed by atoms with Gasteiger partial charge in [-0.3, -0.25) is 5.43 Å². The van der Waals surface area contributed by atoms with E-state index >= 15 is 0 Å². The van der Waals surface area contributed by atoms with E-state index in [1.54, 1.807) is 6.21 Å². The second-order valence-corrected chi connectivity index (χ2v) is 8.08. The number of halogens is 1. The second kappa shape index (κ2) is 7.38. The zero-order valence-corrected chi connectivity index (χ0v) is 16.0. The normalized spacial score (nSPS) is 11.8. The Kier molecular flexibility index (Phi) is 5.21. The van der Waals surface area contributed by atoms with Crippen LogP contribution in [-0.4, -0.2) is 11.2 Å². The summed E-state index contributed by atoms with van der Waals surface area (Å²) < 4.78 is 0. The van der Waals surface area contributed by atoms with Gasteiger partial charge in [-0.25, -0.2) is 4.98 Å². The molecule has 0 atom stereocenters. The van der Waals surface area contributed by atoms with Crippen LogP contribution in [0.5, 0.6) is 0 Å². The zero-order valence-electron chi connectivity index (χ0n) is 14.5. The average Bonchev–Trinajstić information content (AvgIpc) is 3.05. The minimum Gasteiger partial charge on any atom is -0.253 e. The smallest absolute Gasteiger partial charge is 0.203 e. The maximum Gasteiger partial charge on any atom is 0.203 e. The molecule has 0 saturated heterocycles. The average molecular weight is 370 g/mol. The molecule has 0 amide bonds. The minimum atomic E-state index is 0.156. The molecule has 0 spiro atoms. The van der Waals surface area contributed by atoms with Crippen molar-refractivity contribution in [2.24, 2.45) is 5.10 Å². The van der Waals surface area contributed by atoms with Gasteiger partial charge in [-0.15, -0.1) is 11.3 Å². The molecule has 0 radical (unpaired) electrons. The van der Waals surface area contributed by atoms with Gasteiger partial charge in [0.15, 0.2) is 0 Å². The maximum absolute atomic E-state index is 5.87. The molecule has 0 unspecified atom stereocenters. The lowest BCUT2D eigenvalue weighted by atomic mass is 9.86. The number of benzene rings is 2. The highest BCUT2D eigenvalue weighted by Gasteiger charge is 2.13. The molecular weight excluding hydrogens is 350 g/mol. The summed E-state index contributed by atoms with van der Waals surface area (Å²) in [6.07, 6.45) is 1.75. The van der Waals surface area contributed by atoms with Crippen molar-refractivity contribution >= 4 is 34.3 Å². The van der Waals surface area contributed by atoms with Gasteiger partial charge in [0.2, 0.25) is 5.13 Å². The fourth-order valence-corrected chi connectivity index (χ4v) is 3.10. The van der Waals surface area contributed by atoms with Gasteiger partial charge < -0.3 is 0 Å². The number of thiazole rings is 1. The molecule has 0 aliphatic heterocycles. The first-order chi connectivity index (χ1) is 11.9. The van der Waals surface area contributed by atoms with Crippen molar-refractivity contribution in [3.05, 3.63) is 70.1 Å². The fraction of sp³-hybridized carbons (Fsp3) is 0.200. The molecule has 0 saturated carbocycles. The summed E-state index contributed by atoms with van der Waals surface area (Å²) in [4.78, 5) is 4.59. The largest absolute Gasteiger partial charge is 0.253 e. The van der Waals surface area contributed by atoms with Crippen LogP contribution in [0.3, 0.4) is 0 Å². The zero-order chi connectivity index (χ0) is 17.9. The minimum absolute atomic E-state index is 0.156. The van der Waals surface area contributed by atoms with Gasteiger partial charge in [0.25, 0.3) is 0 Å². The first-order valence-electron chi connectivity index (χ1n) is 8.03. The summed E-state index contributed by atoms with van der Waals surface area (Å²) in [6, 6.07) is 16.1. The summed E-state index contributed by atoms with van der Waals surface area (Å²) in [5, 5.41) is 7.74. The van der Waals surface area contributed by atoms with Crippen molar-refractivity contribution in [2.45, 2.75) is 26.2 Å². The number of anilines is 1. The van der Waals surface area contributed by atoms with Gasteiger partial charge in [-0.1, -0.05) is 68.8 Å². The van der Waals surface area contributed by atoms with Crippen molar-refractivity contribution in [3.63, 3.8) is 0 Å². The monoisotopic (exact) mass is 369 g/mol. The third-order valence-electron chi connectivity index (χ3n) is 3.79. The van der Waals surface area contributed by atoms with E-state index in [9.17, 15) is 0 Å². The van der Waals surface area contributed by atoms with Gasteiger partial charge >= 0.3 is 0 Å². The Labute approximate surface area is 157 Å². The van der Waals surface area contributed by atoms with Crippen molar-refractivity contribution in [2.75, 3.05) is 5.43 Å². The van der Waals surface area contributed by atoms with Crippen molar-refractivity contribution in [3.8, 4) is 11.3 Å². The Morgan fingerprint density at radius 3 is 2.36 bits per heavy atom. The van der Waals surface area contributed by atoms with E-state index in [-0.39, 0.29) is 5.41 Å². The van der Waals surface area contributed by atoms with E-state index in [4.69, 9.17) is 11.6 Å². The van der Waals surface area contributed by atoms with E-state index in [1.165, 1.54) is 16.9 Å².